The van der Waals surface area contributed by atoms with E-state index in [9.17, 15) is 15.0 Å². The Morgan fingerprint density at radius 2 is 2.00 bits per heavy atom. The van der Waals surface area contributed by atoms with Gasteiger partial charge in [0, 0.05) is 5.56 Å². The predicted molar refractivity (Wildman–Crippen MR) is 72.7 cm³/mol. The molecule has 0 fully saturated rings. The predicted octanol–water partition coefficient (Wildman–Crippen LogP) is 2.62. The molecule has 19 heavy (non-hydrogen) atoms. The van der Waals surface area contributed by atoms with E-state index in [1.165, 1.54) is 12.1 Å². The van der Waals surface area contributed by atoms with Crippen LogP contribution in [0.25, 0.3) is 11.4 Å². The number of aromatic hydroxyl groups is 2. The second-order valence-corrected chi connectivity index (χ2v) is 4.88. The lowest BCUT2D eigenvalue weighted by Crippen LogP contribution is -2.16. The summed E-state index contributed by atoms with van der Waals surface area (Å²) in [5.74, 6) is -0.281. The molecule has 2 aromatic rings. The van der Waals surface area contributed by atoms with Gasteiger partial charge in [0.25, 0.3) is 5.56 Å². The van der Waals surface area contributed by atoms with Gasteiger partial charge in [-0.05, 0) is 24.1 Å². The first-order valence-electron chi connectivity index (χ1n) is 5.72. The summed E-state index contributed by atoms with van der Waals surface area (Å²) in [6.07, 6.45) is 0. The van der Waals surface area contributed by atoms with Gasteiger partial charge in [0.05, 0.1) is 10.6 Å². The lowest BCUT2D eigenvalue weighted by Gasteiger charge is -2.08. The van der Waals surface area contributed by atoms with Crippen LogP contribution in [0.3, 0.4) is 0 Å². The summed E-state index contributed by atoms with van der Waals surface area (Å²) in [6, 6.07) is 4.41. The summed E-state index contributed by atoms with van der Waals surface area (Å²) >= 11 is 5.79. The molecule has 2 rings (SSSR count). The van der Waals surface area contributed by atoms with Gasteiger partial charge in [-0.25, -0.2) is 0 Å². The number of aromatic amines is 1. The normalized spacial score (nSPS) is 10.9. The van der Waals surface area contributed by atoms with E-state index in [0.29, 0.717) is 5.56 Å². The van der Waals surface area contributed by atoms with E-state index in [4.69, 9.17) is 11.6 Å². The molecular formula is C13H13ClN2O3. The van der Waals surface area contributed by atoms with Crippen LogP contribution in [0, 0.1) is 0 Å². The zero-order valence-electron chi connectivity index (χ0n) is 10.4. The molecule has 0 saturated carbocycles. The number of phenols is 1. The summed E-state index contributed by atoms with van der Waals surface area (Å²) in [7, 11) is 0. The molecule has 1 aromatic heterocycles. The molecule has 6 heteroatoms. The highest BCUT2D eigenvalue weighted by atomic mass is 35.5. The van der Waals surface area contributed by atoms with Gasteiger partial charge >= 0.3 is 0 Å². The van der Waals surface area contributed by atoms with Crippen LogP contribution >= 0.6 is 11.6 Å². The van der Waals surface area contributed by atoms with Crippen LogP contribution < -0.4 is 5.56 Å². The van der Waals surface area contributed by atoms with Crippen molar-refractivity contribution in [3.8, 4) is 23.0 Å². The number of benzene rings is 1. The van der Waals surface area contributed by atoms with E-state index in [1.807, 2.05) is 0 Å². The van der Waals surface area contributed by atoms with E-state index in [1.54, 1.807) is 19.9 Å². The lowest BCUT2D eigenvalue weighted by molar-refractivity contribution is 0.440. The molecule has 0 aliphatic heterocycles. The van der Waals surface area contributed by atoms with E-state index < -0.39 is 0 Å². The number of nitrogens with zero attached hydrogens (tertiary/aromatic N) is 1. The highest BCUT2D eigenvalue weighted by molar-refractivity contribution is 6.32. The largest absolute Gasteiger partial charge is 0.506 e. The zero-order chi connectivity index (χ0) is 14.2. The van der Waals surface area contributed by atoms with Crippen molar-refractivity contribution in [2.75, 3.05) is 0 Å². The third-order valence-electron chi connectivity index (χ3n) is 2.73. The second kappa shape index (κ2) is 4.93. The molecule has 0 bridgehead atoms. The first-order valence-corrected chi connectivity index (χ1v) is 6.10. The average Bonchev–Trinajstić information content (AvgIpc) is 2.31. The fourth-order valence-corrected chi connectivity index (χ4v) is 1.96. The maximum atomic E-state index is 11.9. The third kappa shape index (κ3) is 2.56. The Balaban J connectivity index is 2.58. The maximum absolute atomic E-state index is 11.9. The summed E-state index contributed by atoms with van der Waals surface area (Å²) in [5.41, 5.74) is 0.362. The van der Waals surface area contributed by atoms with Gasteiger partial charge < -0.3 is 15.2 Å². The maximum Gasteiger partial charge on any atom is 0.258 e. The molecule has 3 N–H and O–H groups in total. The Hall–Kier alpha value is -2.01. The fourth-order valence-electron chi connectivity index (χ4n) is 1.78. The Bertz CT molecular complexity index is 680. The zero-order valence-corrected chi connectivity index (χ0v) is 11.2. The molecule has 1 heterocycles. The minimum atomic E-state index is -0.387. The topological polar surface area (TPSA) is 86.2 Å². The van der Waals surface area contributed by atoms with Gasteiger partial charge in [0.1, 0.15) is 11.6 Å². The number of aromatic nitrogens is 2. The van der Waals surface area contributed by atoms with Crippen molar-refractivity contribution in [1.82, 2.24) is 9.97 Å². The van der Waals surface area contributed by atoms with Gasteiger partial charge in [-0.15, -0.1) is 0 Å². The fraction of sp³-hybridized carbons (Fsp3) is 0.231. The van der Waals surface area contributed by atoms with Gasteiger partial charge in [0.2, 0.25) is 5.88 Å². The molecule has 100 valence electrons. The minimum Gasteiger partial charge on any atom is -0.506 e. The van der Waals surface area contributed by atoms with E-state index in [2.05, 4.69) is 9.97 Å². The van der Waals surface area contributed by atoms with Crippen LogP contribution in [0.15, 0.2) is 23.0 Å². The summed E-state index contributed by atoms with van der Waals surface area (Å²) < 4.78 is 0. The summed E-state index contributed by atoms with van der Waals surface area (Å²) in [4.78, 5) is 18.4. The van der Waals surface area contributed by atoms with Gasteiger partial charge in [-0.3, -0.25) is 4.79 Å². The molecule has 0 amide bonds. The van der Waals surface area contributed by atoms with E-state index >= 15 is 0 Å². The highest BCUT2D eigenvalue weighted by Crippen LogP contribution is 2.28. The minimum absolute atomic E-state index is 0.0595. The number of rotatable bonds is 2. The number of nitrogens with one attached hydrogen (secondary N) is 1. The van der Waals surface area contributed by atoms with Crippen molar-refractivity contribution in [3.05, 3.63) is 39.1 Å². The van der Waals surface area contributed by atoms with Gasteiger partial charge in [0.15, 0.2) is 0 Å². The SMILES string of the molecule is CC(C)c1c(O)nc(-c2ccc(O)c(Cl)c2)[nH]c1=O. The van der Waals surface area contributed by atoms with Crippen LogP contribution in [0.5, 0.6) is 11.6 Å². The Morgan fingerprint density at radius 3 is 2.53 bits per heavy atom. The smallest absolute Gasteiger partial charge is 0.258 e. The molecule has 1 aromatic carbocycles. The monoisotopic (exact) mass is 280 g/mol. The Morgan fingerprint density at radius 1 is 1.32 bits per heavy atom. The average molecular weight is 281 g/mol. The molecular weight excluding hydrogens is 268 g/mol. The van der Waals surface area contributed by atoms with Crippen molar-refractivity contribution in [2.24, 2.45) is 0 Å². The van der Waals surface area contributed by atoms with Gasteiger partial charge in [-0.2, -0.15) is 4.98 Å². The first-order chi connectivity index (χ1) is 8.90. The van der Waals surface area contributed by atoms with Crippen LogP contribution in [0.1, 0.15) is 25.3 Å². The summed E-state index contributed by atoms with van der Waals surface area (Å²) in [6.45, 7) is 3.59. The molecule has 5 nitrogen and oxygen atoms in total. The van der Waals surface area contributed by atoms with Crippen molar-refractivity contribution in [3.63, 3.8) is 0 Å². The van der Waals surface area contributed by atoms with E-state index in [-0.39, 0.29) is 39.5 Å². The van der Waals surface area contributed by atoms with Crippen LogP contribution in [0.2, 0.25) is 5.02 Å². The number of halogens is 1. The molecule has 0 radical (unpaired) electrons. The quantitative estimate of drug-likeness (QED) is 0.789. The molecule has 0 spiro atoms. The van der Waals surface area contributed by atoms with Crippen molar-refractivity contribution < 1.29 is 10.2 Å². The number of phenolic OH excluding ortho intramolecular Hbond substituents is 1. The van der Waals surface area contributed by atoms with Crippen molar-refractivity contribution in [1.29, 1.82) is 0 Å². The third-order valence-corrected chi connectivity index (χ3v) is 3.04. The van der Waals surface area contributed by atoms with Gasteiger partial charge in [-0.1, -0.05) is 25.4 Å². The van der Waals surface area contributed by atoms with Crippen LogP contribution in [-0.4, -0.2) is 20.2 Å². The van der Waals surface area contributed by atoms with Crippen molar-refractivity contribution in [2.45, 2.75) is 19.8 Å². The molecule has 0 saturated heterocycles. The Labute approximate surface area is 114 Å². The molecule has 0 unspecified atom stereocenters. The Kier molecular flexibility index (Phi) is 3.48. The second-order valence-electron chi connectivity index (χ2n) is 4.47. The number of H-pyrrole nitrogens is 1. The molecule has 0 atom stereocenters. The van der Waals surface area contributed by atoms with Crippen molar-refractivity contribution >= 4 is 11.6 Å². The molecule has 0 aliphatic rings. The van der Waals surface area contributed by atoms with Crippen LogP contribution in [-0.2, 0) is 0 Å². The first kappa shape index (κ1) is 13.4. The molecule has 0 aliphatic carbocycles. The number of hydrogen-bond donors (Lipinski definition) is 3. The van der Waals surface area contributed by atoms with Crippen LogP contribution in [0.4, 0.5) is 0 Å². The van der Waals surface area contributed by atoms with E-state index in [0.717, 1.165) is 0 Å². The number of hydrogen-bond acceptors (Lipinski definition) is 4. The summed E-state index contributed by atoms with van der Waals surface area (Å²) in [5, 5.41) is 19.3. The highest BCUT2D eigenvalue weighted by Gasteiger charge is 2.15. The standard InChI is InChI=1S/C13H13ClN2O3/c1-6(2)10-12(18)15-11(16-13(10)19)7-3-4-9(17)8(14)5-7/h3-6,17H,1-2H3,(H2,15,16,18,19). The lowest BCUT2D eigenvalue weighted by atomic mass is 10.1.